The molecule has 1 saturated heterocycles. The van der Waals surface area contributed by atoms with Crippen molar-refractivity contribution >= 4 is 16.2 Å². The highest BCUT2D eigenvalue weighted by molar-refractivity contribution is 7.95. The molecule has 1 unspecified atom stereocenters. The molecule has 1 N–H and O–H groups in total. The van der Waals surface area contributed by atoms with E-state index in [4.69, 9.17) is 0 Å². The first-order chi connectivity index (χ1) is 17.7. The topological polar surface area (TPSA) is 60.9 Å². The number of carbonyl (C=O) groups is 1. The molecule has 0 bridgehead atoms. The first-order valence-electron chi connectivity index (χ1n) is 12.6. The van der Waals surface area contributed by atoms with E-state index in [0.717, 1.165) is 37.2 Å². The van der Waals surface area contributed by atoms with Crippen LogP contribution in [0.3, 0.4) is 0 Å². The molecule has 5 nitrogen and oxygen atoms in total. The number of halogens is 2. The van der Waals surface area contributed by atoms with E-state index in [-0.39, 0.29) is 30.2 Å². The number of rotatable bonds is 7. The summed E-state index contributed by atoms with van der Waals surface area (Å²) in [5, 5.41) is 0. The average Bonchev–Trinajstić information content (AvgIpc) is 2.89. The van der Waals surface area contributed by atoms with E-state index in [9.17, 15) is 22.3 Å². The van der Waals surface area contributed by atoms with Gasteiger partial charge in [-0.15, -0.1) is 0 Å². The van der Waals surface area contributed by atoms with Gasteiger partial charge in [0.2, 0.25) is 4.90 Å². The summed E-state index contributed by atoms with van der Waals surface area (Å²) in [4.78, 5) is 15.4. The Bertz CT molecular complexity index is 1300. The summed E-state index contributed by atoms with van der Waals surface area (Å²) >= 11 is 0. The van der Waals surface area contributed by atoms with Gasteiger partial charge in [0.15, 0.2) is 5.78 Å². The Morgan fingerprint density at radius 3 is 2.16 bits per heavy atom. The molecule has 37 heavy (non-hydrogen) atoms. The summed E-state index contributed by atoms with van der Waals surface area (Å²) in [7, 11) is -3.58. The van der Waals surface area contributed by atoms with Crippen LogP contribution in [-0.2, 0) is 40.5 Å². The van der Waals surface area contributed by atoms with E-state index in [0.29, 0.717) is 5.56 Å². The lowest BCUT2D eigenvalue weighted by Crippen LogP contribution is -2.45. The van der Waals surface area contributed by atoms with Gasteiger partial charge in [-0.25, -0.2) is 8.78 Å². The molecular weight excluding hydrogens is 494 g/mol. The quantitative estimate of drug-likeness (QED) is 0.320. The molecule has 194 valence electrons. The molecule has 2 aliphatic heterocycles. The molecule has 0 spiro atoms. The molecule has 0 aliphatic carbocycles. The van der Waals surface area contributed by atoms with Crippen molar-refractivity contribution in [2.45, 2.75) is 49.6 Å². The van der Waals surface area contributed by atoms with Crippen molar-refractivity contribution in [2.24, 2.45) is 0 Å². The van der Waals surface area contributed by atoms with Crippen LogP contribution < -0.4 is 0 Å². The highest BCUT2D eigenvalue weighted by atomic mass is 32.3. The van der Waals surface area contributed by atoms with Gasteiger partial charge in [0.1, 0.15) is 0 Å². The zero-order chi connectivity index (χ0) is 26.0. The molecular formula is C29H31F2N2O3S+. The number of hydrogen-bond acceptors (Lipinski definition) is 3. The van der Waals surface area contributed by atoms with E-state index in [2.05, 4.69) is 29.2 Å². The molecule has 0 amide bonds. The van der Waals surface area contributed by atoms with Crippen LogP contribution >= 0.6 is 0 Å². The Morgan fingerprint density at radius 2 is 1.49 bits per heavy atom. The van der Waals surface area contributed by atoms with Crippen LogP contribution in [0.4, 0.5) is 8.78 Å². The minimum atomic E-state index is -3.58. The van der Waals surface area contributed by atoms with Gasteiger partial charge in [0, 0.05) is 44.5 Å². The van der Waals surface area contributed by atoms with Gasteiger partial charge >= 0.3 is 10.4 Å². The van der Waals surface area contributed by atoms with Gasteiger partial charge < -0.3 is 0 Å². The Hall–Kier alpha value is -2.78. The van der Waals surface area contributed by atoms with Crippen molar-refractivity contribution in [3.8, 4) is 0 Å². The van der Waals surface area contributed by atoms with Crippen molar-refractivity contribution in [1.82, 2.24) is 9.21 Å². The maximum atomic E-state index is 13.4. The van der Waals surface area contributed by atoms with Gasteiger partial charge in [0.05, 0.1) is 13.1 Å². The van der Waals surface area contributed by atoms with Crippen LogP contribution in [0.5, 0.6) is 0 Å². The number of Topliss-reactive ketones (excluding diaryl/α,β-unsaturated/α-hetero) is 1. The maximum absolute atomic E-state index is 13.4. The molecule has 0 radical (unpaired) electrons. The second-order valence-corrected chi connectivity index (χ2v) is 11.9. The lowest BCUT2D eigenvalue weighted by Gasteiger charge is -2.28. The van der Waals surface area contributed by atoms with E-state index in [1.54, 1.807) is 12.1 Å². The van der Waals surface area contributed by atoms with Crippen LogP contribution in [0.25, 0.3) is 0 Å². The van der Waals surface area contributed by atoms with Crippen LogP contribution in [0.1, 0.15) is 45.5 Å². The molecule has 0 saturated carbocycles. The fourth-order valence-electron chi connectivity index (χ4n) is 5.03. The minimum absolute atomic E-state index is 0.0332. The van der Waals surface area contributed by atoms with Gasteiger partial charge in [-0.3, -0.25) is 9.69 Å². The summed E-state index contributed by atoms with van der Waals surface area (Å²) in [6.45, 7) is 2.50. The van der Waals surface area contributed by atoms with Gasteiger partial charge in [-0.05, 0) is 45.0 Å². The van der Waals surface area contributed by atoms with Gasteiger partial charge in [-0.1, -0.05) is 65.0 Å². The van der Waals surface area contributed by atoms with E-state index in [1.807, 2.05) is 24.3 Å². The number of carbonyl (C=O) groups excluding carboxylic acids is 1. The van der Waals surface area contributed by atoms with E-state index >= 15 is 0 Å². The fraction of sp³-hybridized carbons (Fsp3) is 0.345. The molecule has 3 aromatic carbocycles. The lowest BCUT2D eigenvalue weighted by molar-refractivity contribution is -0.0420. The summed E-state index contributed by atoms with van der Waals surface area (Å²) < 4.78 is 51.5. The predicted octanol–water partition coefficient (Wildman–Crippen LogP) is 5.65. The summed E-state index contributed by atoms with van der Waals surface area (Å²) in [6.07, 6.45) is 0.361. The third-order valence-electron chi connectivity index (χ3n) is 7.29. The van der Waals surface area contributed by atoms with Crippen molar-refractivity contribution in [3.63, 3.8) is 0 Å². The van der Waals surface area contributed by atoms with Gasteiger partial charge in [-0.2, -0.15) is 4.55 Å². The number of benzene rings is 3. The molecule has 2 aliphatic rings. The molecule has 5 rings (SSSR count). The number of ketones is 1. The van der Waals surface area contributed by atoms with Gasteiger partial charge in [0.25, 0.3) is 5.92 Å². The number of hydrogen-bond donors (Lipinski definition) is 1. The van der Waals surface area contributed by atoms with Crippen molar-refractivity contribution in [2.75, 3.05) is 19.6 Å². The van der Waals surface area contributed by atoms with E-state index < -0.39 is 29.2 Å². The fourth-order valence-corrected chi connectivity index (χ4v) is 6.49. The minimum Gasteiger partial charge on any atom is -0.294 e. The lowest BCUT2D eigenvalue weighted by atomic mass is 9.99. The molecule has 1 atom stereocenters. The average molecular weight is 526 g/mol. The predicted molar refractivity (Wildman–Crippen MR) is 140 cm³/mol. The third-order valence-corrected chi connectivity index (χ3v) is 9.24. The standard InChI is InChI=1S/C29H30F2N2O3S/c30-29(31)14-17-33(18-15-29)37(35,36)27-11-7-22(8-12-27)19-28(34)25-9-5-23(6-10-25)20-32-16-13-24-3-1-2-4-26(24)21-32/h1-12H,13-21H2/p+1. The van der Waals surface area contributed by atoms with Crippen molar-refractivity contribution < 1.29 is 22.3 Å². The molecule has 2 heterocycles. The summed E-state index contributed by atoms with van der Waals surface area (Å²) in [6, 6.07) is 22.6. The SMILES string of the molecule is O=C(Cc1ccc([S+](=O)(O)N2CCC(F)(F)CC2)cc1)c1ccc(CN2CCc3ccccc3C2)cc1. The number of piperidine rings is 1. The maximum Gasteiger partial charge on any atom is 0.325 e. The molecule has 1 fully saturated rings. The first kappa shape index (κ1) is 25.9. The van der Waals surface area contributed by atoms with E-state index in [1.165, 1.54) is 27.6 Å². The Kier molecular flexibility index (Phi) is 7.36. The van der Waals surface area contributed by atoms with Crippen molar-refractivity contribution in [3.05, 3.63) is 101 Å². The Balaban J connectivity index is 1.17. The number of nitrogens with zero attached hydrogens (tertiary/aromatic N) is 2. The number of alkyl halides is 2. The highest BCUT2D eigenvalue weighted by Gasteiger charge is 2.45. The summed E-state index contributed by atoms with van der Waals surface area (Å²) in [5.74, 6) is -2.82. The zero-order valence-electron chi connectivity index (χ0n) is 20.6. The highest BCUT2D eigenvalue weighted by Crippen LogP contribution is 2.32. The second kappa shape index (κ2) is 10.5. The smallest absolute Gasteiger partial charge is 0.294 e. The monoisotopic (exact) mass is 525 g/mol. The molecule has 8 heteroatoms. The molecule has 3 aromatic rings. The normalized spacial score (nSPS) is 19.6. The van der Waals surface area contributed by atoms with Crippen LogP contribution in [0.15, 0.2) is 77.7 Å². The zero-order valence-corrected chi connectivity index (χ0v) is 21.4. The van der Waals surface area contributed by atoms with Crippen LogP contribution in [0.2, 0.25) is 0 Å². The van der Waals surface area contributed by atoms with Crippen LogP contribution in [0, 0.1) is 0 Å². The summed E-state index contributed by atoms with van der Waals surface area (Å²) in [5.41, 5.74) is 5.31. The number of fused-ring (bicyclic) bond motifs is 1. The second-order valence-electron chi connectivity index (χ2n) is 9.95. The van der Waals surface area contributed by atoms with Crippen LogP contribution in [-0.4, -0.2) is 45.1 Å². The first-order valence-corrected chi connectivity index (χ1v) is 14.1. The largest absolute Gasteiger partial charge is 0.325 e. The molecule has 0 aromatic heterocycles. The Morgan fingerprint density at radius 1 is 0.865 bits per heavy atom. The Labute approximate surface area is 217 Å². The van der Waals surface area contributed by atoms with Crippen molar-refractivity contribution in [1.29, 1.82) is 0 Å². The third kappa shape index (κ3) is 6.04.